The minimum Gasteiger partial charge on any atom is -0.376 e. The van der Waals surface area contributed by atoms with Crippen LogP contribution in [-0.2, 0) is 7.05 Å². The van der Waals surface area contributed by atoms with Gasteiger partial charge in [0.15, 0.2) is 0 Å². The average molecular weight is 611 g/mol. The van der Waals surface area contributed by atoms with Crippen molar-refractivity contribution in [3.8, 4) is 0 Å². The van der Waals surface area contributed by atoms with Gasteiger partial charge in [0.25, 0.3) is 5.56 Å². The van der Waals surface area contributed by atoms with Crippen LogP contribution in [0.1, 0.15) is 72.6 Å². The number of halogens is 2. The molecule has 0 radical (unpaired) electrons. The molecule has 0 spiro atoms. The monoisotopic (exact) mass is 610 g/mol. The fourth-order valence-corrected chi connectivity index (χ4v) is 6.88. The Hall–Kier alpha value is -4.48. The normalized spacial score (nSPS) is 25.2. The molecule has 3 heterocycles. The predicted molar refractivity (Wildman–Crippen MR) is 169 cm³/mol. The molecule has 8 rings (SSSR count). The van der Waals surface area contributed by atoms with Gasteiger partial charge >= 0.3 is 0 Å². The summed E-state index contributed by atoms with van der Waals surface area (Å²) >= 11 is 0. The summed E-state index contributed by atoms with van der Waals surface area (Å²) in [7, 11) is 1.76. The Morgan fingerprint density at radius 3 is 2.42 bits per heavy atom. The first-order valence-corrected chi connectivity index (χ1v) is 15.5. The highest BCUT2D eigenvalue weighted by Gasteiger charge is 2.40. The van der Waals surface area contributed by atoms with E-state index in [0.717, 1.165) is 17.5 Å². The number of aromatic nitrogens is 5. The first-order chi connectivity index (χ1) is 21.9. The van der Waals surface area contributed by atoms with E-state index in [1.807, 2.05) is 0 Å². The molecule has 232 valence electrons. The second kappa shape index (κ2) is 12.1. The zero-order valence-corrected chi connectivity index (χ0v) is 25.0. The molecule has 2 aromatic heterocycles. The quantitative estimate of drug-likeness (QED) is 0.220. The summed E-state index contributed by atoms with van der Waals surface area (Å²) in [5, 5.41) is 18.7. The van der Waals surface area contributed by atoms with E-state index in [4.69, 9.17) is 5.73 Å². The Bertz CT molecular complexity index is 1850. The maximum absolute atomic E-state index is 14.1. The average Bonchev–Trinajstić information content (AvgIpc) is 3.69. The number of nitrogens with two attached hydrogens (primary N) is 1. The molecule has 45 heavy (non-hydrogen) atoms. The summed E-state index contributed by atoms with van der Waals surface area (Å²) < 4.78 is 29.2. The Labute approximate surface area is 259 Å². The number of aryl methyl sites for hydroxylation is 1. The van der Waals surface area contributed by atoms with Crippen molar-refractivity contribution < 1.29 is 8.78 Å². The summed E-state index contributed by atoms with van der Waals surface area (Å²) in [5.41, 5.74) is 8.73. The van der Waals surface area contributed by atoms with E-state index in [-0.39, 0.29) is 11.2 Å². The molecular formula is C34H36F2N8O. The van der Waals surface area contributed by atoms with Gasteiger partial charge < -0.3 is 16.4 Å². The zero-order chi connectivity index (χ0) is 31.1. The Kier molecular flexibility index (Phi) is 7.88. The van der Waals surface area contributed by atoms with Gasteiger partial charge in [-0.3, -0.25) is 9.48 Å². The second-order valence-electron chi connectivity index (χ2n) is 12.3. The predicted octanol–water partition coefficient (Wildman–Crippen LogP) is 5.03. The lowest BCUT2D eigenvalue weighted by molar-refractivity contribution is 0.339. The van der Waals surface area contributed by atoms with Gasteiger partial charge in [0.2, 0.25) is 0 Å². The molecular weight excluding hydrogens is 574 g/mol. The number of H-pyrrole nitrogens is 1. The number of hydrogen-bond acceptors (Lipinski definition) is 7. The van der Waals surface area contributed by atoms with Gasteiger partial charge in [0.05, 0.1) is 23.0 Å². The lowest BCUT2D eigenvalue weighted by Gasteiger charge is -2.33. The molecule has 2 fully saturated rings. The van der Waals surface area contributed by atoms with E-state index in [0.29, 0.717) is 34.7 Å². The van der Waals surface area contributed by atoms with Crippen molar-refractivity contribution in [1.29, 1.82) is 0 Å². The topological polar surface area (TPSA) is 127 Å². The third kappa shape index (κ3) is 5.97. The van der Waals surface area contributed by atoms with Gasteiger partial charge in [-0.2, -0.15) is 10.2 Å². The summed E-state index contributed by atoms with van der Waals surface area (Å²) in [6, 6.07) is 20.9. The number of nitrogens with one attached hydrogen (secondary N) is 3. The van der Waals surface area contributed by atoms with Crippen LogP contribution in [0.25, 0.3) is 10.8 Å². The van der Waals surface area contributed by atoms with Crippen LogP contribution < -0.4 is 21.9 Å². The molecule has 2 aliphatic carbocycles. The lowest BCUT2D eigenvalue weighted by Crippen LogP contribution is -2.38. The number of rotatable bonds is 5. The van der Waals surface area contributed by atoms with E-state index < -0.39 is 23.3 Å². The van der Waals surface area contributed by atoms with Crippen LogP contribution in [0.15, 0.2) is 77.9 Å². The van der Waals surface area contributed by atoms with Gasteiger partial charge in [-0.05, 0) is 67.5 Å². The third-order valence-electron chi connectivity index (χ3n) is 9.31. The van der Waals surface area contributed by atoms with Gasteiger partial charge in [0.1, 0.15) is 23.8 Å². The SMILES string of the molecule is Cn1ncnc1C1c2n[nH]c(=O)c3cc(F)cc(c23)NC1c1ccc(F)cc1.NC1CCC(NC2CC2c2ccccc2)CC1. The van der Waals surface area contributed by atoms with E-state index >= 15 is 0 Å². The van der Waals surface area contributed by atoms with Crippen molar-refractivity contribution in [3.05, 3.63) is 118 Å². The van der Waals surface area contributed by atoms with Crippen LogP contribution in [0.5, 0.6) is 0 Å². The van der Waals surface area contributed by atoms with Gasteiger partial charge in [0, 0.05) is 42.2 Å². The number of hydrogen-bond donors (Lipinski definition) is 4. The van der Waals surface area contributed by atoms with Gasteiger partial charge in [-0.25, -0.2) is 18.9 Å². The fourth-order valence-electron chi connectivity index (χ4n) is 6.88. The summed E-state index contributed by atoms with van der Waals surface area (Å²) in [6.07, 6.45) is 7.66. The molecule has 3 aromatic carbocycles. The summed E-state index contributed by atoms with van der Waals surface area (Å²) in [6.45, 7) is 0. The van der Waals surface area contributed by atoms with Crippen molar-refractivity contribution in [2.24, 2.45) is 12.8 Å². The zero-order valence-electron chi connectivity index (χ0n) is 25.0. The van der Waals surface area contributed by atoms with Crippen molar-refractivity contribution in [2.75, 3.05) is 5.32 Å². The molecule has 0 amide bonds. The molecule has 5 aromatic rings. The highest BCUT2D eigenvalue weighted by Crippen LogP contribution is 2.46. The van der Waals surface area contributed by atoms with Crippen molar-refractivity contribution >= 4 is 16.5 Å². The van der Waals surface area contributed by atoms with E-state index in [9.17, 15) is 13.6 Å². The minimum absolute atomic E-state index is 0.206. The van der Waals surface area contributed by atoms with Crippen molar-refractivity contribution in [3.63, 3.8) is 0 Å². The van der Waals surface area contributed by atoms with Crippen LogP contribution in [0.2, 0.25) is 0 Å². The standard InChI is InChI=1S/C19H14F2N6O.C15H22N2/c1-27-18(22-8-23-27)15-16(9-2-4-10(20)5-3-9)24-13-7-11(21)6-12-14(13)17(15)25-26-19(12)28;16-12-6-8-13(9-7-12)17-15-10-14(15)11-4-2-1-3-5-11/h2-8,15-16,24H,1H3,(H,26,28);1-5,12-15,17H,6-10,16H2. The van der Waals surface area contributed by atoms with E-state index in [1.165, 1.54) is 68.3 Å². The smallest absolute Gasteiger partial charge is 0.272 e. The highest BCUT2D eigenvalue weighted by atomic mass is 19.1. The maximum atomic E-state index is 14.1. The largest absolute Gasteiger partial charge is 0.376 e. The molecule has 2 saturated carbocycles. The molecule has 11 heteroatoms. The Balaban J connectivity index is 0.000000163. The molecule has 0 saturated heterocycles. The van der Waals surface area contributed by atoms with Crippen LogP contribution in [-0.4, -0.2) is 43.1 Å². The van der Waals surface area contributed by atoms with Crippen molar-refractivity contribution in [2.45, 2.75) is 68.1 Å². The van der Waals surface area contributed by atoms with E-state index in [1.54, 1.807) is 23.9 Å². The van der Waals surface area contributed by atoms with E-state index in [2.05, 4.69) is 61.2 Å². The van der Waals surface area contributed by atoms with Gasteiger partial charge in [-0.15, -0.1) is 0 Å². The molecule has 9 nitrogen and oxygen atoms in total. The second-order valence-corrected chi connectivity index (χ2v) is 12.3. The Morgan fingerprint density at radius 2 is 1.71 bits per heavy atom. The summed E-state index contributed by atoms with van der Waals surface area (Å²) in [5.74, 6) is 0.0399. The Morgan fingerprint density at radius 1 is 0.956 bits per heavy atom. The first kappa shape index (κ1) is 29.2. The summed E-state index contributed by atoms with van der Waals surface area (Å²) in [4.78, 5) is 16.6. The highest BCUT2D eigenvalue weighted by molar-refractivity contribution is 5.97. The number of aromatic amines is 1. The fraction of sp³-hybridized carbons (Fsp3) is 0.353. The molecule has 4 atom stereocenters. The minimum atomic E-state index is -0.535. The van der Waals surface area contributed by atoms with Gasteiger partial charge in [-0.1, -0.05) is 42.5 Å². The number of anilines is 1. The number of nitrogens with zero attached hydrogens (tertiary/aromatic N) is 4. The van der Waals surface area contributed by atoms with Crippen molar-refractivity contribution in [1.82, 2.24) is 30.3 Å². The molecule has 4 unspecified atom stereocenters. The number of benzene rings is 3. The third-order valence-corrected chi connectivity index (χ3v) is 9.31. The van der Waals surface area contributed by atoms with Crippen LogP contribution in [0.4, 0.5) is 14.5 Å². The molecule has 3 aliphatic rings. The van der Waals surface area contributed by atoms with Crippen LogP contribution in [0.3, 0.4) is 0 Å². The van der Waals surface area contributed by atoms with Crippen LogP contribution >= 0.6 is 0 Å². The molecule has 1 aliphatic heterocycles. The maximum Gasteiger partial charge on any atom is 0.272 e. The molecule has 5 N–H and O–H groups in total. The lowest BCUT2D eigenvalue weighted by atomic mass is 9.83. The molecule has 0 bridgehead atoms. The van der Waals surface area contributed by atoms with Crippen LogP contribution in [0, 0.1) is 11.6 Å². The first-order valence-electron chi connectivity index (χ1n) is 15.5.